The fraction of sp³-hybridized carbons (Fsp3) is 0.594. The highest BCUT2D eigenvalue weighted by Gasteiger charge is 2.40. The molecule has 226 valence electrons. The summed E-state index contributed by atoms with van der Waals surface area (Å²) in [4.78, 5) is 39.8. The largest absolute Gasteiger partial charge is 0.350 e. The fourth-order valence-corrected chi connectivity index (χ4v) is 7.40. The molecule has 2 aromatic rings. The van der Waals surface area contributed by atoms with Gasteiger partial charge in [-0.2, -0.15) is 5.10 Å². The highest BCUT2D eigenvalue weighted by atomic mass is 32.1. The van der Waals surface area contributed by atoms with Gasteiger partial charge in [0, 0.05) is 32.3 Å². The van der Waals surface area contributed by atoms with Gasteiger partial charge in [-0.1, -0.05) is 43.5 Å². The first kappa shape index (κ1) is 30.4. The van der Waals surface area contributed by atoms with Crippen molar-refractivity contribution in [3.63, 3.8) is 0 Å². The van der Waals surface area contributed by atoms with Crippen molar-refractivity contribution in [2.45, 2.75) is 83.3 Å². The molecule has 3 fully saturated rings. The number of amides is 2. The third kappa shape index (κ3) is 7.45. The summed E-state index contributed by atoms with van der Waals surface area (Å²) in [6.07, 6.45) is 11.1. The van der Waals surface area contributed by atoms with Gasteiger partial charge in [0.15, 0.2) is 0 Å². The molecule has 1 aromatic heterocycles. The second-order valence-electron chi connectivity index (χ2n) is 11.8. The number of hydrazone groups is 1. The standard InChI is InChI=1S/C32H45N7O2S/c1-22-30(42-21-37-22)26-12-10-23(11-13-26)19-36-31(40)28-9-6-18-39(28)32(41)29(25-14-16-34-17-15-25)35-20-27(38-33-2)24-7-4-3-5-8-24/h10-13,20-21,24-25,28-29,33-34H,3-9,14-19H2,1-2H3,(H,36,40)/b35-20?,38-27+. The smallest absolute Gasteiger partial charge is 0.248 e. The topological polar surface area (TPSA) is 111 Å². The SMILES string of the molecule is CN/N=C(\C=NC(C(=O)N1CCCC1C(=O)NCc1ccc(-c2scnc2C)cc1)C1CCNCC1)C1CCCCC1. The van der Waals surface area contributed by atoms with Crippen LogP contribution in [0, 0.1) is 18.8 Å². The molecule has 0 spiro atoms. The number of likely N-dealkylation sites (tertiary alicyclic amines) is 1. The summed E-state index contributed by atoms with van der Waals surface area (Å²) >= 11 is 1.63. The Balaban J connectivity index is 1.25. The van der Waals surface area contributed by atoms with E-state index in [1.54, 1.807) is 16.2 Å². The van der Waals surface area contributed by atoms with E-state index in [0.29, 0.717) is 25.4 Å². The Morgan fingerprint density at radius 2 is 1.86 bits per heavy atom. The van der Waals surface area contributed by atoms with Crippen molar-refractivity contribution < 1.29 is 9.59 Å². The molecule has 3 aliphatic rings. The first-order valence-corrected chi connectivity index (χ1v) is 16.5. The summed E-state index contributed by atoms with van der Waals surface area (Å²) in [7, 11) is 1.82. The van der Waals surface area contributed by atoms with Crippen molar-refractivity contribution in [1.29, 1.82) is 0 Å². The zero-order chi connectivity index (χ0) is 29.3. The fourth-order valence-electron chi connectivity index (χ4n) is 6.59. The van der Waals surface area contributed by atoms with Crippen molar-refractivity contribution in [2.24, 2.45) is 21.9 Å². The molecule has 1 aromatic carbocycles. The molecule has 5 rings (SSSR count). The number of hydrogen-bond donors (Lipinski definition) is 3. The van der Waals surface area contributed by atoms with E-state index in [0.717, 1.165) is 67.7 Å². The van der Waals surface area contributed by atoms with Crippen LogP contribution >= 0.6 is 11.3 Å². The number of nitrogens with zero attached hydrogens (tertiary/aromatic N) is 4. The maximum Gasteiger partial charge on any atom is 0.248 e. The average molecular weight is 592 g/mol. The van der Waals surface area contributed by atoms with Crippen LogP contribution in [0.5, 0.6) is 0 Å². The van der Waals surface area contributed by atoms with Crippen LogP contribution in [0.15, 0.2) is 39.9 Å². The third-order valence-electron chi connectivity index (χ3n) is 8.98. The van der Waals surface area contributed by atoms with Gasteiger partial charge >= 0.3 is 0 Å². The van der Waals surface area contributed by atoms with Crippen molar-refractivity contribution in [1.82, 2.24) is 25.9 Å². The highest BCUT2D eigenvalue weighted by Crippen LogP contribution is 2.29. The molecule has 2 unspecified atom stereocenters. The summed E-state index contributed by atoms with van der Waals surface area (Å²) in [5, 5.41) is 11.1. The molecule has 1 aliphatic carbocycles. The summed E-state index contributed by atoms with van der Waals surface area (Å²) in [6, 6.07) is 7.30. The van der Waals surface area contributed by atoms with E-state index >= 15 is 0 Å². The molecule has 2 saturated heterocycles. The normalized spacial score (nSPS) is 21.5. The van der Waals surface area contributed by atoms with Gasteiger partial charge in [-0.05, 0) is 75.6 Å². The van der Waals surface area contributed by atoms with Crippen LogP contribution in [-0.4, -0.2) is 72.4 Å². The molecular formula is C32H45N7O2S. The predicted octanol–water partition coefficient (Wildman–Crippen LogP) is 4.32. The second-order valence-corrected chi connectivity index (χ2v) is 12.6. The minimum Gasteiger partial charge on any atom is -0.350 e. The lowest BCUT2D eigenvalue weighted by Crippen LogP contribution is -2.51. The quantitative estimate of drug-likeness (QED) is 0.282. The van der Waals surface area contributed by atoms with Gasteiger partial charge < -0.3 is 21.0 Å². The van der Waals surface area contributed by atoms with Crippen LogP contribution in [0.1, 0.15) is 69.0 Å². The highest BCUT2D eigenvalue weighted by molar-refractivity contribution is 7.13. The van der Waals surface area contributed by atoms with Gasteiger partial charge in [0.05, 0.1) is 21.8 Å². The number of carbonyl (C=O) groups is 2. The predicted molar refractivity (Wildman–Crippen MR) is 170 cm³/mol. The number of aromatic nitrogens is 1. The van der Waals surface area contributed by atoms with Gasteiger partial charge in [0.25, 0.3) is 0 Å². The van der Waals surface area contributed by atoms with E-state index in [9.17, 15) is 9.59 Å². The van der Waals surface area contributed by atoms with Gasteiger partial charge in [-0.3, -0.25) is 14.6 Å². The van der Waals surface area contributed by atoms with Crippen molar-refractivity contribution in [3.8, 4) is 10.4 Å². The van der Waals surface area contributed by atoms with Gasteiger partial charge in [-0.15, -0.1) is 11.3 Å². The van der Waals surface area contributed by atoms with Crippen LogP contribution in [0.4, 0.5) is 0 Å². The van der Waals surface area contributed by atoms with Crippen LogP contribution in [0.3, 0.4) is 0 Å². The molecule has 0 bridgehead atoms. The monoisotopic (exact) mass is 591 g/mol. The number of piperidine rings is 1. The molecule has 1 saturated carbocycles. The number of hydrogen-bond acceptors (Lipinski definition) is 8. The molecule has 10 heteroatoms. The minimum absolute atomic E-state index is 0.0208. The molecule has 2 amide bonds. The second kappa shape index (κ2) is 14.9. The number of nitrogens with one attached hydrogen (secondary N) is 3. The van der Waals surface area contributed by atoms with E-state index in [1.807, 2.05) is 37.8 Å². The number of aryl methyl sites for hydroxylation is 1. The van der Waals surface area contributed by atoms with E-state index in [1.165, 1.54) is 24.1 Å². The lowest BCUT2D eigenvalue weighted by Gasteiger charge is -2.32. The van der Waals surface area contributed by atoms with E-state index in [4.69, 9.17) is 4.99 Å². The summed E-state index contributed by atoms with van der Waals surface area (Å²) in [5.41, 5.74) is 8.94. The Bertz CT molecular complexity index is 1250. The molecular weight excluding hydrogens is 546 g/mol. The molecule has 3 N–H and O–H groups in total. The van der Waals surface area contributed by atoms with Crippen LogP contribution in [0.25, 0.3) is 10.4 Å². The maximum absolute atomic E-state index is 14.1. The number of aliphatic imine (C=N–C) groups is 1. The van der Waals surface area contributed by atoms with Gasteiger partial charge in [0.2, 0.25) is 11.8 Å². The lowest BCUT2D eigenvalue weighted by atomic mass is 9.86. The van der Waals surface area contributed by atoms with Gasteiger partial charge in [0.1, 0.15) is 12.1 Å². The lowest BCUT2D eigenvalue weighted by molar-refractivity contribution is -0.140. The molecule has 9 nitrogen and oxygen atoms in total. The molecule has 3 heterocycles. The Labute approximate surface area is 253 Å². The maximum atomic E-state index is 14.1. The van der Waals surface area contributed by atoms with Crippen molar-refractivity contribution >= 4 is 35.1 Å². The summed E-state index contributed by atoms with van der Waals surface area (Å²) < 4.78 is 0. The van der Waals surface area contributed by atoms with E-state index in [2.05, 4.69) is 38.3 Å². The number of thiazole rings is 1. The third-order valence-corrected chi connectivity index (χ3v) is 9.96. The summed E-state index contributed by atoms with van der Waals surface area (Å²) in [5.74, 6) is 0.426. The minimum atomic E-state index is -0.492. The Morgan fingerprint density at radius 3 is 2.55 bits per heavy atom. The average Bonchev–Trinajstić information content (AvgIpc) is 3.70. The van der Waals surface area contributed by atoms with E-state index < -0.39 is 12.1 Å². The van der Waals surface area contributed by atoms with Crippen molar-refractivity contribution in [3.05, 3.63) is 41.0 Å². The zero-order valence-electron chi connectivity index (χ0n) is 25.0. The Kier molecular flexibility index (Phi) is 10.7. The first-order chi connectivity index (χ1) is 20.5. The number of rotatable bonds is 10. The summed E-state index contributed by atoms with van der Waals surface area (Å²) in [6.45, 7) is 4.81. The van der Waals surface area contributed by atoms with Crippen LogP contribution < -0.4 is 16.1 Å². The molecule has 2 aliphatic heterocycles. The number of benzene rings is 1. The Hall–Kier alpha value is -3.11. The first-order valence-electron chi connectivity index (χ1n) is 15.6. The molecule has 2 atom stereocenters. The number of carbonyl (C=O) groups excluding carboxylic acids is 2. The van der Waals surface area contributed by atoms with Crippen LogP contribution in [0.2, 0.25) is 0 Å². The molecule has 42 heavy (non-hydrogen) atoms. The van der Waals surface area contributed by atoms with E-state index in [-0.39, 0.29) is 17.7 Å². The van der Waals surface area contributed by atoms with Crippen LogP contribution in [-0.2, 0) is 16.1 Å². The zero-order valence-corrected chi connectivity index (χ0v) is 25.8. The van der Waals surface area contributed by atoms with Crippen molar-refractivity contribution in [2.75, 3.05) is 26.7 Å². The molecule has 0 radical (unpaired) electrons. The Morgan fingerprint density at radius 1 is 1.10 bits per heavy atom. The van der Waals surface area contributed by atoms with Gasteiger partial charge in [-0.25, -0.2) is 4.98 Å².